The van der Waals surface area contributed by atoms with Gasteiger partial charge in [0.2, 0.25) is 0 Å². The summed E-state index contributed by atoms with van der Waals surface area (Å²) in [6, 6.07) is 11.4. The van der Waals surface area contributed by atoms with E-state index in [0.29, 0.717) is 11.3 Å². The number of benzene rings is 2. The number of ether oxygens (including phenoxy) is 2. The summed E-state index contributed by atoms with van der Waals surface area (Å²) < 4.78 is 10.5. The Hall–Kier alpha value is -3.46. The highest BCUT2D eigenvalue weighted by Crippen LogP contribution is 2.25. The minimum Gasteiger partial charge on any atom is -0.497 e. The molecule has 0 heterocycles. The third-order valence-corrected chi connectivity index (χ3v) is 4.00. The Morgan fingerprint density at radius 1 is 1.14 bits per heavy atom. The lowest BCUT2D eigenvalue weighted by Crippen LogP contribution is -2.38. The second kappa shape index (κ2) is 9.47. The maximum absolute atomic E-state index is 12.1. The fourth-order valence-electron chi connectivity index (χ4n) is 2.52. The van der Waals surface area contributed by atoms with Crippen LogP contribution in [0, 0.1) is 17.0 Å². The Morgan fingerprint density at radius 2 is 1.89 bits per heavy atom. The number of hydrogen-bond acceptors (Lipinski definition) is 6. The van der Waals surface area contributed by atoms with E-state index in [4.69, 9.17) is 9.47 Å². The standard InChI is InChI=1S/C19H21N3O6/c1-12-7-8-15(16(9-12)22(25)26)21-19(24)18(23)20-11-17(28-3)13-5-4-6-14(10-13)27-2/h4-10,17H,11H2,1-3H3,(H,20,23)(H,21,24). The molecule has 0 saturated heterocycles. The first kappa shape index (κ1) is 20.8. The zero-order valence-electron chi connectivity index (χ0n) is 15.7. The van der Waals surface area contributed by atoms with Crippen molar-refractivity contribution in [3.05, 3.63) is 63.7 Å². The summed E-state index contributed by atoms with van der Waals surface area (Å²) in [6.45, 7) is 1.72. The molecule has 9 heteroatoms. The fraction of sp³-hybridized carbons (Fsp3) is 0.263. The van der Waals surface area contributed by atoms with Crippen molar-refractivity contribution < 1.29 is 24.0 Å². The normalized spacial score (nSPS) is 11.4. The van der Waals surface area contributed by atoms with Gasteiger partial charge in [-0.3, -0.25) is 19.7 Å². The van der Waals surface area contributed by atoms with Crippen molar-refractivity contribution in [3.63, 3.8) is 0 Å². The molecule has 28 heavy (non-hydrogen) atoms. The van der Waals surface area contributed by atoms with Crippen molar-refractivity contribution in [2.24, 2.45) is 0 Å². The molecular weight excluding hydrogens is 366 g/mol. The van der Waals surface area contributed by atoms with E-state index in [-0.39, 0.29) is 17.9 Å². The summed E-state index contributed by atoms with van der Waals surface area (Å²) in [5.74, 6) is -1.30. The number of nitrogens with one attached hydrogen (secondary N) is 2. The predicted molar refractivity (Wildman–Crippen MR) is 102 cm³/mol. The number of carbonyl (C=O) groups excluding carboxylic acids is 2. The van der Waals surface area contributed by atoms with Gasteiger partial charge in [0.05, 0.1) is 18.1 Å². The van der Waals surface area contributed by atoms with Crippen molar-refractivity contribution >= 4 is 23.2 Å². The fourth-order valence-corrected chi connectivity index (χ4v) is 2.52. The van der Waals surface area contributed by atoms with Gasteiger partial charge < -0.3 is 20.1 Å². The van der Waals surface area contributed by atoms with E-state index in [1.807, 2.05) is 0 Å². The van der Waals surface area contributed by atoms with E-state index in [9.17, 15) is 19.7 Å². The van der Waals surface area contributed by atoms with Crippen LogP contribution in [0.1, 0.15) is 17.2 Å². The van der Waals surface area contributed by atoms with Gasteiger partial charge in [-0.1, -0.05) is 18.2 Å². The second-order valence-electron chi connectivity index (χ2n) is 5.94. The topological polar surface area (TPSA) is 120 Å². The van der Waals surface area contributed by atoms with Crippen LogP contribution in [0.5, 0.6) is 5.75 Å². The number of carbonyl (C=O) groups is 2. The Balaban J connectivity index is 2.02. The summed E-state index contributed by atoms with van der Waals surface area (Å²) in [5, 5.41) is 15.8. The molecule has 0 spiro atoms. The Kier molecular flexibility index (Phi) is 7.05. The number of anilines is 1. The van der Waals surface area contributed by atoms with Gasteiger partial charge in [-0.25, -0.2) is 0 Å². The third kappa shape index (κ3) is 5.27. The molecule has 0 radical (unpaired) electrons. The SMILES string of the molecule is COc1cccc(C(CNC(=O)C(=O)Nc2ccc(C)cc2[N+](=O)[O-])OC)c1. The van der Waals surface area contributed by atoms with Crippen LogP contribution >= 0.6 is 0 Å². The maximum Gasteiger partial charge on any atom is 0.313 e. The first-order chi connectivity index (χ1) is 13.3. The van der Waals surface area contributed by atoms with Crippen molar-refractivity contribution in [2.75, 3.05) is 26.1 Å². The van der Waals surface area contributed by atoms with E-state index in [1.165, 1.54) is 26.4 Å². The molecule has 0 aliphatic heterocycles. The quantitative estimate of drug-likeness (QED) is 0.427. The largest absolute Gasteiger partial charge is 0.497 e. The molecule has 0 saturated carbocycles. The second-order valence-corrected chi connectivity index (χ2v) is 5.94. The van der Waals surface area contributed by atoms with E-state index in [1.54, 1.807) is 37.3 Å². The molecule has 2 aromatic rings. The molecule has 0 aliphatic carbocycles. The zero-order valence-corrected chi connectivity index (χ0v) is 15.7. The smallest absolute Gasteiger partial charge is 0.313 e. The summed E-state index contributed by atoms with van der Waals surface area (Å²) >= 11 is 0. The van der Waals surface area contributed by atoms with Crippen LogP contribution in [0.25, 0.3) is 0 Å². The first-order valence-electron chi connectivity index (χ1n) is 8.36. The molecule has 2 N–H and O–H groups in total. The molecule has 0 aliphatic rings. The number of methoxy groups -OCH3 is 2. The summed E-state index contributed by atoms with van der Waals surface area (Å²) in [6.07, 6.45) is -0.499. The summed E-state index contributed by atoms with van der Waals surface area (Å²) in [5.41, 5.74) is 1.09. The Morgan fingerprint density at radius 3 is 2.54 bits per heavy atom. The van der Waals surface area contributed by atoms with Crippen LogP contribution in [0.4, 0.5) is 11.4 Å². The lowest BCUT2D eigenvalue weighted by Gasteiger charge is -2.17. The van der Waals surface area contributed by atoms with Crippen LogP contribution in [0.2, 0.25) is 0 Å². The van der Waals surface area contributed by atoms with Crippen LogP contribution in [0.15, 0.2) is 42.5 Å². The Bertz CT molecular complexity index is 884. The molecule has 1 unspecified atom stereocenters. The van der Waals surface area contributed by atoms with Crippen LogP contribution < -0.4 is 15.4 Å². The number of amides is 2. The number of nitro groups is 1. The van der Waals surface area contributed by atoms with Crippen LogP contribution in [0.3, 0.4) is 0 Å². The van der Waals surface area contributed by atoms with E-state index in [0.717, 1.165) is 5.56 Å². The number of hydrogen-bond donors (Lipinski definition) is 2. The van der Waals surface area contributed by atoms with Gasteiger partial charge in [-0.2, -0.15) is 0 Å². The van der Waals surface area contributed by atoms with Crippen molar-refractivity contribution in [1.82, 2.24) is 5.32 Å². The molecular formula is C19H21N3O6. The molecule has 9 nitrogen and oxygen atoms in total. The van der Waals surface area contributed by atoms with Gasteiger partial charge in [-0.15, -0.1) is 0 Å². The number of rotatable bonds is 7. The monoisotopic (exact) mass is 387 g/mol. The maximum atomic E-state index is 12.1. The summed E-state index contributed by atoms with van der Waals surface area (Å²) in [7, 11) is 3.02. The van der Waals surface area contributed by atoms with E-state index >= 15 is 0 Å². The molecule has 0 fully saturated rings. The van der Waals surface area contributed by atoms with Crippen molar-refractivity contribution in [1.29, 1.82) is 0 Å². The molecule has 2 rings (SSSR count). The molecule has 2 amide bonds. The van der Waals surface area contributed by atoms with E-state index < -0.39 is 22.8 Å². The van der Waals surface area contributed by atoms with Crippen LogP contribution in [-0.4, -0.2) is 37.5 Å². The van der Waals surface area contributed by atoms with Gasteiger partial charge in [0.15, 0.2) is 0 Å². The minimum absolute atomic E-state index is 0.0336. The highest BCUT2D eigenvalue weighted by atomic mass is 16.6. The van der Waals surface area contributed by atoms with Crippen LogP contribution in [-0.2, 0) is 14.3 Å². The van der Waals surface area contributed by atoms with E-state index in [2.05, 4.69) is 10.6 Å². The van der Waals surface area contributed by atoms with Gasteiger partial charge >= 0.3 is 11.8 Å². The number of nitro benzene ring substituents is 1. The minimum atomic E-state index is -1.01. The predicted octanol–water partition coefficient (Wildman–Crippen LogP) is 2.35. The third-order valence-electron chi connectivity index (χ3n) is 4.00. The first-order valence-corrected chi connectivity index (χ1v) is 8.36. The molecule has 148 valence electrons. The van der Waals surface area contributed by atoms with Gasteiger partial charge in [0, 0.05) is 19.7 Å². The Labute approximate surface area is 161 Å². The number of aryl methyl sites for hydroxylation is 1. The average Bonchev–Trinajstić information content (AvgIpc) is 2.69. The molecule has 2 aromatic carbocycles. The van der Waals surface area contributed by atoms with Gasteiger partial charge in [0.25, 0.3) is 5.69 Å². The molecule has 0 bridgehead atoms. The van der Waals surface area contributed by atoms with Crippen molar-refractivity contribution in [2.45, 2.75) is 13.0 Å². The molecule has 1 atom stereocenters. The highest BCUT2D eigenvalue weighted by molar-refractivity contribution is 6.39. The van der Waals surface area contributed by atoms with Crippen molar-refractivity contribution in [3.8, 4) is 5.75 Å². The summed E-state index contributed by atoms with van der Waals surface area (Å²) in [4.78, 5) is 34.7. The molecule has 0 aromatic heterocycles. The highest BCUT2D eigenvalue weighted by Gasteiger charge is 2.21. The number of nitrogens with zero attached hydrogens (tertiary/aromatic N) is 1. The lowest BCUT2D eigenvalue weighted by molar-refractivity contribution is -0.384. The lowest BCUT2D eigenvalue weighted by atomic mass is 10.1. The zero-order chi connectivity index (χ0) is 20.7. The van der Waals surface area contributed by atoms with Gasteiger partial charge in [-0.05, 0) is 36.2 Å². The average molecular weight is 387 g/mol. The van der Waals surface area contributed by atoms with Gasteiger partial charge in [0.1, 0.15) is 11.4 Å².